The highest BCUT2D eigenvalue weighted by Gasteiger charge is 2.28. The fourth-order valence-electron chi connectivity index (χ4n) is 3.29. The molecule has 0 bridgehead atoms. The number of ketones is 1. The molecule has 1 aliphatic carbocycles. The monoisotopic (exact) mass is 283 g/mol. The van der Waals surface area contributed by atoms with Gasteiger partial charge in [0.2, 0.25) is 0 Å². The van der Waals surface area contributed by atoms with Crippen molar-refractivity contribution in [2.45, 2.75) is 45.4 Å². The minimum atomic E-state index is -0.0473. The zero-order valence-electron chi connectivity index (χ0n) is 12.9. The van der Waals surface area contributed by atoms with Crippen LogP contribution in [0.5, 0.6) is 0 Å². The Morgan fingerprint density at radius 3 is 2.95 bits per heavy atom. The molecule has 3 rings (SSSR count). The number of aromatic nitrogens is 3. The van der Waals surface area contributed by atoms with Crippen molar-refractivity contribution in [2.24, 2.45) is 7.05 Å². The van der Waals surface area contributed by atoms with Crippen LogP contribution in [0.2, 0.25) is 0 Å². The van der Waals surface area contributed by atoms with Crippen molar-refractivity contribution in [3.63, 3.8) is 0 Å². The molecule has 1 unspecified atom stereocenters. The van der Waals surface area contributed by atoms with Gasteiger partial charge in [0.15, 0.2) is 0 Å². The van der Waals surface area contributed by atoms with E-state index in [2.05, 4.69) is 16.1 Å². The number of hydrogen-bond acceptors (Lipinski definition) is 3. The van der Waals surface area contributed by atoms with Gasteiger partial charge in [-0.15, -0.1) is 0 Å². The van der Waals surface area contributed by atoms with Gasteiger partial charge in [-0.1, -0.05) is 6.07 Å². The highest BCUT2D eigenvalue weighted by molar-refractivity contribution is 5.88. The van der Waals surface area contributed by atoms with Gasteiger partial charge in [-0.3, -0.25) is 14.5 Å². The molecule has 0 amide bonds. The Labute approximate surface area is 125 Å². The van der Waals surface area contributed by atoms with Gasteiger partial charge in [0.05, 0.1) is 17.3 Å². The normalized spacial score (nSPS) is 17.6. The number of carbonyl (C=O) groups excluding carboxylic acids is 1. The largest absolute Gasteiger partial charge is 0.299 e. The summed E-state index contributed by atoms with van der Waals surface area (Å²) in [5.74, 6) is 0.225. The molecule has 0 saturated heterocycles. The molecule has 110 valence electrons. The Morgan fingerprint density at radius 2 is 2.24 bits per heavy atom. The smallest absolute Gasteiger partial charge is 0.146 e. The van der Waals surface area contributed by atoms with Crippen molar-refractivity contribution in [1.29, 1.82) is 0 Å². The number of Topliss-reactive ketones (excluding diaryl/α,β-unsaturated/α-hetero) is 1. The molecule has 0 spiro atoms. The second kappa shape index (κ2) is 5.43. The summed E-state index contributed by atoms with van der Waals surface area (Å²) < 4.78 is 1.85. The second-order valence-electron chi connectivity index (χ2n) is 5.91. The molecule has 2 heterocycles. The summed E-state index contributed by atoms with van der Waals surface area (Å²) in [6.07, 6.45) is 5.29. The number of aryl methyl sites for hydroxylation is 3. The van der Waals surface area contributed by atoms with E-state index in [4.69, 9.17) is 0 Å². The first-order valence-electron chi connectivity index (χ1n) is 7.53. The molecular formula is C17H21N3O. The Hall–Kier alpha value is -1.97. The maximum atomic E-state index is 12.8. The molecule has 4 nitrogen and oxygen atoms in total. The molecule has 0 aromatic carbocycles. The molecule has 1 atom stereocenters. The third kappa shape index (κ3) is 2.50. The van der Waals surface area contributed by atoms with Gasteiger partial charge < -0.3 is 0 Å². The van der Waals surface area contributed by atoms with Gasteiger partial charge >= 0.3 is 0 Å². The average Bonchev–Trinajstić information content (AvgIpc) is 2.73. The van der Waals surface area contributed by atoms with E-state index in [1.165, 1.54) is 5.56 Å². The zero-order chi connectivity index (χ0) is 15.0. The van der Waals surface area contributed by atoms with E-state index in [9.17, 15) is 4.79 Å². The van der Waals surface area contributed by atoms with Gasteiger partial charge in [0.1, 0.15) is 5.78 Å². The molecule has 0 saturated carbocycles. The Morgan fingerprint density at radius 1 is 1.43 bits per heavy atom. The summed E-state index contributed by atoms with van der Waals surface area (Å²) in [6, 6.07) is 4.06. The van der Waals surface area contributed by atoms with Crippen LogP contribution in [0.15, 0.2) is 18.3 Å². The van der Waals surface area contributed by atoms with E-state index in [-0.39, 0.29) is 11.7 Å². The maximum absolute atomic E-state index is 12.8. The number of carbonyl (C=O) groups is 1. The van der Waals surface area contributed by atoms with Gasteiger partial charge in [0.25, 0.3) is 0 Å². The quantitative estimate of drug-likeness (QED) is 0.870. The molecule has 21 heavy (non-hydrogen) atoms. The third-order valence-electron chi connectivity index (χ3n) is 4.59. The van der Waals surface area contributed by atoms with Crippen molar-refractivity contribution >= 4 is 5.78 Å². The summed E-state index contributed by atoms with van der Waals surface area (Å²) in [7, 11) is 1.92. The first-order valence-corrected chi connectivity index (χ1v) is 7.53. The molecular weight excluding hydrogens is 262 g/mol. The van der Waals surface area contributed by atoms with Crippen LogP contribution in [0.1, 0.15) is 47.0 Å². The van der Waals surface area contributed by atoms with E-state index >= 15 is 0 Å². The summed E-state index contributed by atoms with van der Waals surface area (Å²) in [5, 5.41) is 4.40. The lowest BCUT2D eigenvalue weighted by atomic mass is 9.82. The van der Waals surface area contributed by atoms with Crippen LogP contribution >= 0.6 is 0 Å². The van der Waals surface area contributed by atoms with Crippen LogP contribution in [0.3, 0.4) is 0 Å². The van der Waals surface area contributed by atoms with Gasteiger partial charge in [-0.05, 0) is 44.7 Å². The van der Waals surface area contributed by atoms with E-state index in [1.54, 1.807) is 6.20 Å². The minimum absolute atomic E-state index is 0.0473. The predicted octanol–water partition coefficient (Wildman–Crippen LogP) is 2.66. The lowest BCUT2D eigenvalue weighted by molar-refractivity contribution is -0.120. The highest BCUT2D eigenvalue weighted by atomic mass is 16.1. The maximum Gasteiger partial charge on any atom is 0.146 e. The number of rotatable bonds is 3. The Kier molecular flexibility index (Phi) is 3.62. The molecule has 1 aliphatic rings. The first-order chi connectivity index (χ1) is 10.1. The minimum Gasteiger partial charge on any atom is -0.299 e. The van der Waals surface area contributed by atoms with Crippen molar-refractivity contribution in [1.82, 2.24) is 14.8 Å². The molecule has 0 N–H and O–H groups in total. The van der Waals surface area contributed by atoms with Crippen LogP contribution in [0.25, 0.3) is 0 Å². The fraction of sp³-hybridized carbons (Fsp3) is 0.471. The topological polar surface area (TPSA) is 47.8 Å². The van der Waals surface area contributed by atoms with E-state index in [0.717, 1.165) is 41.9 Å². The summed E-state index contributed by atoms with van der Waals surface area (Å²) >= 11 is 0. The summed E-state index contributed by atoms with van der Waals surface area (Å²) in [6.45, 7) is 4.00. The molecule has 2 aromatic rings. The molecule has 4 heteroatoms. The van der Waals surface area contributed by atoms with Gasteiger partial charge in [-0.25, -0.2) is 0 Å². The number of fused-ring (bicyclic) bond motifs is 1. The Balaban J connectivity index is 1.87. The standard InChI is InChI=1S/C17H21N3O/c1-11-15(12(2)20(3)19-11)10-16(21)14-8-4-6-13-7-5-9-18-17(13)14/h5,7,9,14H,4,6,8,10H2,1-3H3. The molecule has 2 aromatic heterocycles. The fourth-order valence-corrected chi connectivity index (χ4v) is 3.29. The number of nitrogens with zero attached hydrogens (tertiary/aromatic N) is 3. The third-order valence-corrected chi connectivity index (χ3v) is 4.59. The zero-order valence-corrected chi connectivity index (χ0v) is 12.9. The number of hydrogen-bond donors (Lipinski definition) is 0. The lowest BCUT2D eigenvalue weighted by Gasteiger charge is -2.23. The van der Waals surface area contributed by atoms with E-state index in [0.29, 0.717) is 6.42 Å². The van der Waals surface area contributed by atoms with Crippen LogP contribution < -0.4 is 0 Å². The highest BCUT2D eigenvalue weighted by Crippen LogP contribution is 2.31. The first kappa shape index (κ1) is 14.0. The van der Waals surface area contributed by atoms with Crippen LogP contribution in [0.4, 0.5) is 0 Å². The van der Waals surface area contributed by atoms with Crippen molar-refractivity contribution in [3.8, 4) is 0 Å². The average molecular weight is 283 g/mol. The SMILES string of the molecule is Cc1nn(C)c(C)c1CC(=O)C1CCCc2cccnc21. The van der Waals surface area contributed by atoms with Gasteiger partial charge in [0, 0.05) is 30.9 Å². The van der Waals surface area contributed by atoms with Crippen molar-refractivity contribution < 1.29 is 4.79 Å². The molecule has 0 fully saturated rings. The van der Waals surface area contributed by atoms with Gasteiger partial charge in [-0.2, -0.15) is 5.10 Å². The van der Waals surface area contributed by atoms with E-state index < -0.39 is 0 Å². The predicted molar refractivity (Wildman–Crippen MR) is 81.3 cm³/mol. The van der Waals surface area contributed by atoms with E-state index in [1.807, 2.05) is 31.6 Å². The van der Waals surface area contributed by atoms with Crippen LogP contribution in [0, 0.1) is 13.8 Å². The van der Waals surface area contributed by atoms with Crippen LogP contribution in [-0.4, -0.2) is 20.5 Å². The lowest BCUT2D eigenvalue weighted by Crippen LogP contribution is -2.22. The van der Waals surface area contributed by atoms with Crippen LogP contribution in [-0.2, 0) is 24.7 Å². The van der Waals surface area contributed by atoms with Crippen molar-refractivity contribution in [3.05, 3.63) is 46.5 Å². The molecule has 0 aliphatic heterocycles. The molecule has 0 radical (unpaired) electrons. The number of pyridine rings is 1. The Bertz CT molecular complexity index is 687. The summed E-state index contributed by atoms with van der Waals surface area (Å²) in [5.41, 5.74) is 5.35. The van der Waals surface area contributed by atoms with Crippen molar-refractivity contribution in [2.75, 3.05) is 0 Å². The second-order valence-corrected chi connectivity index (χ2v) is 5.91. The summed E-state index contributed by atoms with van der Waals surface area (Å²) in [4.78, 5) is 17.2.